The Labute approximate surface area is 250 Å². The summed E-state index contributed by atoms with van der Waals surface area (Å²) in [5.74, 6) is -1.63. The van der Waals surface area contributed by atoms with Crippen LogP contribution in [0.4, 0.5) is 27.6 Å². The van der Waals surface area contributed by atoms with Crippen molar-refractivity contribution < 1.29 is 36.4 Å². The van der Waals surface area contributed by atoms with Crippen molar-refractivity contribution in [3.05, 3.63) is 65.6 Å². The fourth-order valence-electron chi connectivity index (χ4n) is 5.84. The number of benzene rings is 2. The molecule has 0 atom stereocenters. The largest absolute Gasteiger partial charge is 0.417 e. The number of aryl methyl sites for hydroxylation is 1. The molecule has 7 nitrogen and oxygen atoms in total. The monoisotopic (exact) mass is 614 g/mol. The lowest BCUT2D eigenvalue weighted by atomic mass is 9.69. The summed E-state index contributed by atoms with van der Waals surface area (Å²) in [5.41, 5.74) is -3.25. The van der Waals surface area contributed by atoms with Crippen LogP contribution in [0.2, 0.25) is 0 Å². The highest BCUT2D eigenvalue weighted by molar-refractivity contribution is 5.96. The molecule has 1 N–H and O–H groups in total. The smallest absolute Gasteiger partial charge is 0.380 e. The second kappa shape index (κ2) is 10.9. The van der Waals surface area contributed by atoms with Gasteiger partial charge in [-0.05, 0) is 80.7 Å². The Bertz CT molecular complexity index is 1600. The molecule has 3 saturated carbocycles. The van der Waals surface area contributed by atoms with Crippen molar-refractivity contribution in [2.24, 2.45) is 5.92 Å². The number of carbonyl (C=O) groups excluding carboxylic acids is 1. The highest BCUT2D eigenvalue weighted by Gasteiger charge is 2.63. The van der Waals surface area contributed by atoms with Gasteiger partial charge in [-0.2, -0.15) is 23.4 Å². The third kappa shape index (κ3) is 5.70. The van der Waals surface area contributed by atoms with Crippen molar-refractivity contribution in [2.75, 3.05) is 11.4 Å². The highest BCUT2D eigenvalue weighted by Crippen LogP contribution is 2.51. The maximum Gasteiger partial charge on any atom is 0.417 e. The van der Waals surface area contributed by atoms with Gasteiger partial charge in [0.25, 0.3) is 5.89 Å². The molecule has 3 fully saturated rings. The molecule has 0 spiro atoms. The summed E-state index contributed by atoms with van der Waals surface area (Å²) in [7, 11) is 0. The lowest BCUT2D eigenvalue weighted by Gasteiger charge is -2.45. The summed E-state index contributed by atoms with van der Waals surface area (Å²) in [6, 6.07) is 13.6. The molecule has 1 aromatic heterocycles. The summed E-state index contributed by atoms with van der Waals surface area (Å²) in [5, 5.41) is 23.2. The minimum absolute atomic E-state index is 0.00454. The van der Waals surface area contributed by atoms with E-state index in [9.17, 15) is 32.7 Å². The van der Waals surface area contributed by atoms with Crippen LogP contribution in [0.5, 0.6) is 0 Å². The van der Waals surface area contributed by atoms with Gasteiger partial charge in [-0.1, -0.05) is 35.8 Å². The fraction of sp³-hybridized carbons (Fsp3) is 0.500. The minimum atomic E-state index is -4.83. The van der Waals surface area contributed by atoms with Crippen LogP contribution in [0, 0.1) is 23.1 Å². The van der Waals surface area contributed by atoms with Crippen LogP contribution in [0.15, 0.2) is 47.0 Å². The summed E-state index contributed by atoms with van der Waals surface area (Å²) in [4.78, 5) is 19.1. The van der Waals surface area contributed by atoms with E-state index in [1.54, 1.807) is 36.4 Å². The van der Waals surface area contributed by atoms with Crippen molar-refractivity contribution in [2.45, 2.75) is 87.1 Å². The third-order valence-corrected chi connectivity index (χ3v) is 9.07. The number of anilines is 1. The van der Waals surface area contributed by atoms with E-state index in [0.717, 1.165) is 0 Å². The number of halogens is 5. The quantitative estimate of drug-likeness (QED) is 0.187. The second-order valence-electron chi connectivity index (χ2n) is 12.4. The van der Waals surface area contributed by atoms with Crippen LogP contribution in [-0.4, -0.2) is 39.5 Å². The first-order chi connectivity index (χ1) is 20.9. The molecule has 1 amide bonds. The molecule has 3 aliphatic carbocycles. The first-order valence-corrected chi connectivity index (χ1v) is 14.8. The number of rotatable bonds is 11. The number of hydrogen-bond acceptors (Lipinski definition) is 6. The summed E-state index contributed by atoms with van der Waals surface area (Å²) in [6.45, 7) is 0.201. The molecule has 0 radical (unpaired) electrons. The van der Waals surface area contributed by atoms with E-state index in [1.807, 2.05) is 0 Å². The number of nitriles is 1. The molecule has 0 unspecified atom stereocenters. The van der Waals surface area contributed by atoms with Crippen LogP contribution in [-0.2, 0) is 22.3 Å². The van der Waals surface area contributed by atoms with Gasteiger partial charge in [0.2, 0.25) is 5.91 Å². The van der Waals surface area contributed by atoms with Crippen molar-refractivity contribution in [3.63, 3.8) is 0 Å². The molecule has 1 heterocycles. The molecule has 12 heteroatoms. The maximum atomic E-state index is 15.0. The molecule has 3 aliphatic rings. The molecule has 3 aromatic rings. The average molecular weight is 615 g/mol. The Balaban J connectivity index is 1.16. The summed E-state index contributed by atoms with van der Waals surface area (Å²) >= 11 is 0. The normalized spacial score (nSPS) is 23.0. The molecule has 0 bridgehead atoms. The summed E-state index contributed by atoms with van der Waals surface area (Å²) in [6.07, 6.45) is -2.13. The van der Waals surface area contributed by atoms with Crippen molar-refractivity contribution in [3.8, 4) is 17.2 Å². The Morgan fingerprint density at radius 2 is 1.80 bits per heavy atom. The van der Waals surface area contributed by atoms with Gasteiger partial charge in [0.05, 0.1) is 11.5 Å². The van der Waals surface area contributed by atoms with E-state index in [4.69, 9.17) is 4.52 Å². The lowest BCUT2D eigenvalue weighted by Crippen LogP contribution is -2.59. The number of alkyl halides is 4. The molecule has 0 aliphatic heterocycles. The Hall–Kier alpha value is -3.85. The number of aliphatic hydroxyl groups is 1. The van der Waals surface area contributed by atoms with Crippen LogP contribution in [0.25, 0.3) is 11.1 Å². The van der Waals surface area contributed by atoms with Crippen molar-refractivity contribution in [1.82, 2.24) is 10.1 Å². The van der Waals surface area contributed by atoms with E-state index in [0.29, 0.717) is 79.6 Å². The Morgan fingerprint density at radius 3 is 2.43 bits per heavy atom. The van der Waals surface area contributed by atoms with Gasteiger partial charge in [-0.3, -0.25) is 4.79 Å². The Morgan fingerprint density at radius 1 is 1.07 bits per heavy atom. The number of hydrogen-bond donors (Lipinski definition) is 1. The number of carbonyl (C=O) groups is 1. The lowest BCUT2D eigenvalue weighted by molar-refractivity contribution is -0.295. The van der Waals surface area contributed by atoms with Crippen LogP contribution in [0.1, 0.15) is 75.1 Å². The van der Waals surface area contributed by atoms with E-state index >= 15 is 4.39 Å². The molecule has 2 aromatic carbocycles. The first kappa shape index (κ1) is 30.2. The molecule has 0 saturated heterocycles. The van der Waals surface area contributed by atoms with Gasteiger partial charge >= 0.3 is 6.18 Å². The van der Waals surface area contributed by atoms with E-state index in [-0.39, 0.29) is 12.4 Å². The predicted octanol–water partition coefficient (Wildman–Crippen LogP) is 6.84. The minimum Gasteiger partial charge on any atom is -0.380 e. The van der Waals surface area contributed by atoms with Crippen LogP contribution < -0.4 is 4.90 Å². The molecule has 6 rings (SSSR count). The third-order valence-electron chi connectivity index (χ3n) is 9.07. The van der Waals surface area contributed by atoms with E-state index < -0.39 is 53.3 Å². The summed E-state index contributed by atoms with van der Waals surface area (Å²) < 4.78 is 74.0. The molecule has 232 valence electrons. The van der Waals surface area contributed by atoms with Crippen LogP contribution in [0.3, 0.4) is 0 Å². The van der Waals surface area contributed by atoms with Crippen molar-refractivity contribution in [1.29, 1.82) is 5.26 Å². The highest BCUT2D eigenvalue weighted by atomic mass is 19.4. The fourth-order valence-corrected chi connectivity index (χ4v) is 5.84. The Kier molecular flexibility index (Phi) is 7.51. The zero-order valence-corrected chi connectivity index (χ0v) is 23.8. The molecule has 44 heavy (non-hydrogen) atoms. The SMILES string of the molecule is N#CC1(c2ccc(-c3cccc(N(CCCCCc4noc(C5(F)CC5)n4)C(=O)C4CC(O)(C(F)(F)F)C4)c3)cc2F)CC1. The number of aromatic nitrogens is 2. The van der Waals surface area contributed by atoms with Gasteiger partial charge in [0.15, 0.2) is 17.1 Å². The average Bonchev–Trinajstić information content (AvgIpc) is 3.89. The predicted molar refractivity (Wildman–Crippen MR) is 148 cm³/mol. The number of unbranched alkanes of at least 4 members (excludes halogenated alkanes) is 2. The second-order valence-corrected chi connectivity index (χ2v) is 12.4. The number of amides is 1. The standard InChI is InChI=1S/C32H31F5N4O3/c33-25-16-21(8-9-24(25)29(19-38)10-11-29)20-5-4-6-23(15-20)41(27(42)22-17-31(43,18-22)32(35,36)37)14-3-1-2-7-26-39-28(44-40-26)30(34)12-13-30/h4-6,8-9,15-16,22,43H,1-3,7,10-14,17-18H2. The van der Waals surface area contributed by atoms with E-state index in [2.05, 4.69) is 16.2 Å². The first-order valence-electron chi connectivity index (χ1n) is 14.8. The zero-order valence-electron chi connectivity index (χ0n) is 23.8. The van der Waals surface area contributed by atoms with Gasteiger partial charge in [-0.15, -0.1) is 0 Å². The van der Waals surface area contributed by atoms with E-state index in [1.165, 1.54) is 11.0 Å². The number of nitrogens with zero attached hydrogens (tertiary/aromatic N) is 4. The maximum absolute atomic E-state index is 15.0. The van der Waals surface area contributed by atoms with Gasteiger partial charge in [0, 0.05) is 30.1 Å². The van der Waals surface area contributed by atoms with Gasteiger partial charge in [0.1, 0.15) is 5.82 Å². The molecular weight excluding hydrogens is 583 g/mol. The zero-order chi connectivity index (χ0) is 31.3. The molecular formula is C32H31F5N4O3. The van der Waals surface area contributed by atoms with Crippen molar-refractivity contribution >= 4 is 11.6 Å². The van der Waals surface area contributed by atoms with Crippen LogP contribution >= 0.6 is 0 Å². The topological polar surface area (TPSA) is 103 Å². The van der Waals surface area contributed by atoms with Gasteiger partial charge in [-0.25, -0.2) is 8.78 Å². The van der Waals surface area contributed by atoms with Gasteiger partial charge < -0.3 is 14.5 Å².